The number of rotatable bonds is 5. The van der Waals surface area contributed by atoms with Gasteiger partial charge in [-0.15, -0.1) is 0 Å². The van der Waals surface area contributed by atoms with Crippen molar-refractivity contribution in [2.75, 3.05) is 11.9 Å². The predicted molar refractivity (Wildman–Crippen MR) is 81.3 cm³/mol. The number of anilines is 1. The maximum atomic E-state index is 4.51. The van der Waals surface area contributed by atoms with Crippen LogP contribution in [0.15, 0.2) is 12.4 Å². The standard InChI is InChI=1S/C15H28N4/c1-11(2)12(3)19(7)14-10-16-13(8-17-14)9-18-15(4,5)6/h8,10-12,18H,9H2,1-7H3. The van der Waals surface area contributed by atoms with Crippen molar-refractivity contribution < 1.29 is 0 Å². The molecule has 1 aromatic rings. The zero-order chi connectivity index (χ0) is 14.6. The second-order valence-electron chi connectivity index (χ2n) is 6.57. The summed E-state index contributed by atoms with van der Waals surface area (Å²) in [6.45, 7) is 13.8. The van der Waals surface area contributed by atoms with E-state index in [1.54, 1.807) is 0 Å². The van der Waals surface area contributed by atoms with Crippen LogP contribution in [-0.2, 0) is 6.54 Å². The molecule has 0 saturated carbocycles. The van der Waals surface area contributed by atoms with Gasteiger partial charge in [-0.2, -0.15) is 0 Å². The molecule has 1 rings (SSSR count). The fourth-order valence-electron chi connectivity index (χ4n) is 1.63. The summed E-state index contributed by atoms with van der Waals surface area (Å²) in [4.78, 5) is 11.2. The van der Waals surface area contributed by atoms with E-state index in [1.807, 2.05) is 12.4 Å². The van der Waals surface area contributed by atoms with Gasteiger partial charge in [0.2, 0.25) is 0 Å². The molecule has 0 aliphatic rings. The lowest BCUT2D eigenvalue weighted by atomic mass is 10.1. The van der Waals surface area contributed by atoms with Crippen molar-refractivity contribution in [3.8, 4) is 0 Å². The molecule has 0 aliphatic carbocycles. The maximum Gasteiger partial charge on any atom is 0.147 e. The van der Waals surface area contributed by atoms with Gasteiger partial charge in [0.15, 0.2) is 0 Å². The number of hydrogen-bond donors (Lipinski definition) is 1. The highest BCUT2D eigenvalue weighted by atomic mass is 15.2. The molecule has 1 unspecified atom stereocenters. The summed E-state index contributed by atoms with van der Waals surface area (Å²) in [6.07, 6.45) is 3.72. The monoisotopic (exact) mass is 264 g/mol. The zero-order valence-electron chi connectivity index (χ0n) is 13.4. The zero-order valence-corrected chi connectivity index (χ0v) is 13.4. The van der Waals surface area contributed by atoms with E-state index in [0.29, 0.717) is 12.0 Å². The second-order valence-corrected chi connectivity index (χ2v) is 6.57. The molecule has 19 heavy (non-hydrogen) atoms. The van der Waals surface area contributed by atoms with Gasteiger partial charge in [-0.25, -0.2) is 4.98 Å². The van der Waals surface area contributed by atoms with Gasteiger partial charge >= 0.3 is 0 Å². The smallest absolute Gasteiger partial charge is 0.147 e. The highest BCUT2D eigenvalue weighted by molar-refractivity contribution is 5.35. The SMILES string of the molecule is CC(C)C(C)N(C)c1cnc(CNC(C)(C)C)cn1. The Bertz CT molecular complexity index is 378. The third-order valence-electron chi connectivity index (χ3n) is 3.43. The predicted octanol–water partition coefficient (Wildman–Crippen LogP) is 2.85. The second kappa shape index (κ2) is 6.33. The minimum atomic E-state index is 0.100. The van der Waals surface area contributed by atoms with Crippen LogP contribution in [-0.4, -0.2) is 28.6 Å². The van der Waals surface area contributed by atoms with Crippen molar-refractivity contribution in [1.29, 1.82) is 0 Å². The minimum absolute atomic E-state index is 0.100. The van der Waals surface area contributed by atoms with Crippen molar-refractivity contribution >= 4 is 5.82 Å². The molecule has 0 radical (unpaired) electrons. The lowest BCUT2D eigenvalue weighted by Crippen LogP contribution is -2.35. The summed E-state index contributed by atoms with van der Waals surface area (Å²) in [5.41, 5.74) is 1.08. The summed E-state index contributed by atoms with van der Waals surface area (Å²) in [5.74, 6) is 1.52. The fraction of sp³-hybridized carbons (Fsp3) is 0.733. The van der Waals surface area contributed by atoms with Crippen molar-refractivity contribution in [3.05, 3.63) is 18.1 Å². The molecule has 0 bridgehead atoms. The highest BCUT2D eigenvalue weighted by Gasteiger charge is 2.15. The average molecular weight is 264 g/mol. The van der Waals surface area contributed by atoms with E-state index in [4.69, 9.17) is 0 Å². The lowest BCUT2D eigenvalue weighted by molar-refractivity contribution is 0.421. The van der Waals surface area contributed by atoms with Gasteiger partial charge in [0.25, 0.3) is 0 Å². The third kappa shape index (κ3) is 5.15. The van der Waals surface area contributed by atoms with Crippen LogP contribution in [0.3, 0.4) is 0 Å². The fourth-order valence-corrected chi connectivity index (χ4v) is 1.63. The van der Waals surface area contributed by atoms with Gasteiger partial charge in [0.05, 0.1) is 18.1 Å². The summed E-state index contributed by atoms with van der Waals surface area (Å²) in [5, 5.41) is 3.41. The molecule has 108 valence electrons. The Kier molecular flexibility index (Phi) is 5.29. The summed E-state index contributed by atoms with van der Waals surface area (Å²) >= 11 is 0. The Morgan fingerprint density at radius 3 is 2.21 bits per heavy atom. The molecule has 0 amide bonds. The Balaban J connectivity index is 2.66. The van der Waals surface area contributed by atoms with Crippen LogP contribution in [0, 0.1) is 5.92 Å². The van der Waals surface area contributed by atoms with Gasteiger partial charge in [0.1, 0.15) is 5.82 Å². The number of hydrogen-bond acceptors (Lipinski definition) is 4. The number of nitrogens with one attached hydrogen (secondary N) is 1. The van der Waals surface area contributed by atoms with E-state index in [2.05, 4.69) is 68.8 Å². The normalized spacial score (nSPS) is 13.7. The molecule has 0 fully saturated rings. The Labute approximate surface area is 117 Å². The third-order valence-corrected chi connectivity index (χ3v) is 3.43. The first-order valence-corrected chi connectivity index (χ1v) is 6.99. The number of aromatic nitrogens is 2. The van der Waals surface area contributed by atoms with E-state index in [0.717, 1.165) is 18.1 Å². The van der Waals surface area contributed by atoms with E-state index >= 15 is 0 Å². The largest absolute Gasteiger partial charge is 0.355 e. The quantitative estimate of drug-likeness (QED) is 0.888. The van der Waals surface area contributed by atoms with E-state index in [-0.39, 0.29) is 5.54 Å². The molecule has 4 nitrogen and oxygen atoms in total. The summed E-state index contributed by atoms with van der Waals surface area (Å²) < 4.78 is 0. The molecule has 1 N–H and O–H groups in total. The summed E-state index contributed by atoms with van der Waals surface area (Å²) in [7, 11) is 2.07. The summed E-state index contributed by atoms with van der Waals surface area (Å²) in [6, 6.07) is 0.452. The van der Waals surface area contributed by atoms with Crippen molar-refractivity contribution in [2.45, 2.75) is 59.7 Å². The van der Waals surface area contributed by atoms with Crippen LogP contribution in [0.4, 0.5) is 5.82 Å². The first kappa shape index (κ1) is 15.9. The highest BCUT2D eigenvalue weighted by Crippen LogP contribution is 2.15. The minimum Gasteiger partial charge on any atom is -0.355 e. The molecule has 0 saturated heterocycles. The van der Waals surface area contributed by atoms with Gasteiger partial charge in [-0.05, 0) is 33.6 Å². The van der Waals surface area contributed by atoms with Crippen LogP contribution in [0.1, 0.15) is 47.2 Å². The van der Waals surface area contributed by atoms with E-state index in [9.17, 15) is 0 Å². The lowest BCUT2D eigenvalue weighted by Gasteiger charge is -2.28. The molecule has 4 heteroatoms. The topological polar surface area (TPSA) is 41.1 Å². The average Bonchev–Trinajstić information content (AvgIpc) is 2.34. The molecule has 0 aliphatic heterocycles. The van der Waals surface area contributed by atoms with Crippen molar-refractivity contribution in [3.63, 3.8) is 0 Å². The van der Waals surface area contributed by atoms with Crippen LogP contribution < -0.4 is 10.2 Å². The molecule has 1 aromatic heterocycles. The Hall–Kier alpha value is -1.16. The molecular weight excluding hydrogens is 236 g/mol. The first-order valence-electron chi connectivity index (χ1n) is 6.99. The molecule has 1 heterocycles. The van der Waals surface area contributed by atoms with Crippen molar-refractivity contribution in [1.82, 2.24) is 15.3 Å². The molecule has 0 aromatic carbocycles. The van der Waals surface area contributed by atoms with Gasteiger partial charge in [-0.3, -0.25) is 4.98 Å². The molecule has 1 atom stereocenters. The van der Waals surface area contributed by atoms with Crippen molar-refractivity contribution in [2.24, 2.45) is 5.92 Å². The maximum absolute atomic E-state index is 4.51. The molecule has 0 spiro atoms. The Morgan fingerprint density at radius 2 is 1.79 bits per heavy atom. The number of nitrogens with zero attached hydrogens (tertiary/aromatic N) is 3. The van der Waals surface area contributed by atoms with Gasteiger partial charge in [0, 0.05) is 25.2 Å². The van der Waals surface area contributed by atoms with E-state index in [1.165, 1.54) is 0 Å². The molecular formula is C15H28N4. The van der Waals surface area contributed by atoms with Gasteiger partial charge < -0.3 is 10.2 Å². The first-order chi connectivity index (χ1) is 8.70. The van der Waals surface area contributed by atoms with Crippen LogP contribution >= 0.6 is 0 Å². The van der Waals surface area contributed by atoms with Crippen LogP contribution in [0.2, 0.25) is 0 Å². The van der Waals surface area contributed by atoms with Gasteiger partial charge in [-0.1, -0.05) is 13.8 Å². The Morgan fingerprint density at radius 1 is 1.16 bits per heavy atom. The van der Waals surface area contributed by atoms with E-state index < -0.39 is 0 Å². The van der Waals surface area contributed by atoms with Crippen LogP contribution in [0.5, 0.6) is 0 Å². The van der Waals surface area contributed by atoms with Crippen LogP contribution in [0.25, 0.3) is 0 Å².